The summed E-state index contributed by atoms with van der Waals surface area (Å²) in [6, 6.07) is 5.36. The second-order valence-corrected chi connectivity index (χ2v) is 4.68. The largest absolute Gasteiger partial charge is 0.461 e. The Hall–Kier alpha value is -0.770. The highest BCUT2D eigenvalue weighted by Gasteiger charge is 2.14. The quantitative estimate of drug-likeness (QED) is 0.596. The Morgan fingerprint density at radius 3 is 2.56 bits per heavy atom. The number of hydrogen-bond acceptors (Lipinski definition) is 3. The van der Waals surface area contributed by atoms with Crippen molar-refractivity contribution in [2.24, 2.45) is 0 Å². The van der Waals surface area contributed by atoms with E-state index in [2.05, 4.69) is 0 Å². The lowest BCUT2D eigenvalue weighted by Gasteiger charge is -2.13. The van der Waals surface area contributed by atoms with Gasteiger partial charge in [0.1, 0.15) is 6.61 Å². The number of alkyl halides is 2. The van der Waals surface area contributed by atoms with Crippen LogP contribution in [0.25, 0.3) is 0 Å². The van der Waals surface area contributed by atoms with E-state index in [1.807, 2.05) is 25.1 Å². The van der Waals surface area contributed by atoms with Crippen LogP contribution in [0.5, 0.6) is 0 Å². The van der Waals surface area contributed by atoms with E-state index in [4.69, 9.17) is 27.9 Å². The zero-order valence-corrected chi connectivity index (χ0v) is 12.1. The smallest absolute Gasteiger partial charge is 0.338 e. The van der Waals surface area contributed by atoms with Crippen molar-refractivity contribution in [3.8, 4) is 0 Å². The summed E-state index contributed by atoms with van der Waals surface area (Å²) in [5.74, 6) is 0.237. The van der Waals surface area contributed by atoms with Crippen molar-refractivity contribution in [1.82, 2.24) is 4.90 Å². The summed E-state index contributed by atoms with van der Waals surface area (Å²) >= 11 is 11.7. The van der Waals surface area contributed by atoms with E-state index in [-0.39, 0.29) is 11.8 Å². The molecule has 0 aliphatic heterocycles. The molecule has 1 aromatic carbocycles. The maximum absolute atomic E-state index is 11.9. The van der Waals surface area contributed by atoms with Crippen LogP contribution in [0.4, 0.5) is 0 Å². The zero-order chi connectivity index (χ0) is 13.5. The van der Waals surface area contributed by atoms with Crippen LogP contribution >= 0.6 is 23.2 Å². The summed E-state index contributed by atoms with van der Waals surface area (Å²) in [5.41, 5.74) is 2.12. The first-order chi connectivity index (χ1) is 8.60. The Labute approximate surface area is 118 Å². The number of halogens is 2. The summed E-state index contributed by atoms with van der Waals surface area (Å²) in [7, 11) is 3.85. The number of hydrogen-bond donors (Lipinski definition) is 0. The molecule has 100 valence electrons. The van der Waals surface area contributed by atoms with Crippen molar-refractivity contribution in [1.29, 1.82) is 0 Å². The molecule has 0 radical (unpaired) electrons. The van der Waals surface area contributed by atoms with Gasteiger partial charge >= 0.3 is 5.97 Å². The molecule has 0 saturated heterocycles. The Morgan fingerprint density at radius 2 is 2.00 bits per heavy atom. The van der Waals surface area contributed by atoms with Crippen LogP contribution in [0.1, 0.15) is 21.5 Å². The van der Waals surface area contributed by atoms with Crippen LogP contribution in [-0.4, -0.2) is 38.1 Å². The predicted molar refractivity (Wildman–Crippen MR) is 74.4 cm³/mol. The van der Waals surface area contributed by atoms with Crippen LogP contribution in [0.2, 0.25) is 0 Å². The minimum atomic E-state index is -0.348. The van der Waals surface area contributed by atoms with Crippen LogP contribution in [0, 0.1) is 0 Å². The lowest BCUT2D eigenvalue weighted by Crippen LogP contribution is -2.20. The van der Waals surface area contributed by atoms with E-state index in [9.17, 15) is 4.79 Å². The van der Waals surface area contributed by atoms with E-state index in [1.165, 1.54) is 0 Å². The molecule has 0 spiro atoms. The van der Waals surface area contributed by atoms with Crippen molar-refractivity contribution in [2.45, 2.75) is 11.8 Å². The fourth-order valence-electron chi connectivity index (χ4n) is 1.51. The number of benzene rings is 1. The van der Waals surface area contributed by atoms with Crippen LogP contribution in [0.3, 0.4) is 0 Å². The zero-order valence-electron chi connectivity index (χ0n) is 10.6. The van der Waals surface area contributed by atoms with Gasteiger partial charge in [-0.15, -0.1) is 23.2 Å². The lowest BCUT2D eigenvalue weighted by molar-refractivity contribution is 0.0481. The molecule has 0 fully saturated rings. The molecular weight excluding hydrogens is 273 g/mol. The summed E-state index contributed by atoms with van der Waals surface area (Å²) < 4.78 is 5.20. The minimum absolute atomic E-state index is 0.251. The Morgan fingerprint density at radius 1 is 1.28 bits per heavy atom. The fourth-order valence-corrected chi connectivity index (χ4v) is 2.07. The normalized spacial score (nSPS) is 10.7. The van der Waals surface area contributed by atoms with Gasteiger partial charge in [-0.1, -0.05) is 12.1 Å². The fraction of sp³-hybridized carbons (Fsp3) is 0.462. The predicted octanol–water partition coefficient (Wildman–Crippen LogP) is 2.88. The maximum atomic E-state index is 11.9. The highest BCUT2D eigenvalue weighted by atomic mass is 35.5. The number of rotatable bonds is 6. The van der Waals surface area contributed by atoms with Crippen molar-refractivity contribution in [3.05, 3.63) is 34.9 Å². The summed E-state index contributed by atoms with van der Waals surface area (Å²) in [4.78, 5) is 13.9. The van der Waals surface area contributed by atoms with Gasteiger partial charge in [0, 0.05) is 18.3 Å². The van der Waals surface area contributed by atoms with Crippen molar-refractivity contribution < 1.29 is 9.53 Å². The third-order valence-electron chi connectivity index (χ3n) is 2.54. The van der Waals surface area contributed by atoms with Gasteiger partial charge in [0.05, 0.1) is 5.56 Å². The van der Waals surface area contributed by atoms with Gasteiger partial charge in [0.2, 0.25) is 0 Å². The number of nitrogens with zero attached hydrogens (tertiary/aromatic N) is 1. The molecule has 18 heavy (non-hydrogen) atoms. The molecule has 1 rings (SSSR count). The van der Waals surface area contributed by atoms with Crippen molar-refractivity contribution in [2.75, 3.05) is 27.2 Å². The second-order valence-electron chi connectivity index (χ2n) is 4.15. The Balaban J connectivity index is 2.79. The molecule has 1 aromatic rings. The van der Waals surface area contributed by atoms with E-state index < -0.39 is 0 Å². The number of esters is 1. The SMILES string of the molecule is CN(C)CCOC(=O)c1cccc(CCl)c1CCl. The molecule has 0 amide bonds. The average Bonchev–Trinajstić information content (AvgIpc) is 2.36. The summed E-state index contributed by atoms with van der Waals surface area (Å²) in [6.45, 7) is 1.05. The molecule has 0 unspecified atom stereocenters. The molecule has 5 heteroatoms. The third-order valence-corrected chi connectivity index (χ3v) is 3.10. The number of likely N-dealkylation sites (N-methyl/N-ethyl adjacent to an activating group) is 1. The Kier molecular flexibility index (Phi) is 6.47. The summed E-state index contributed by atoms with van der Waals surface area (Å²) in [6.07, 6.45) is 0. The van der Waals surface area contributed by atoms with Crippen LogP contribution in [-0.2, 0) is 16.5 Å². The van der Waals surface area contributed by atoms with Gasteiger partial charge in [-0.05, 0) is 31.3 Å². The molecule has 3 nitrogen and oxygen atoms in total. The molecule has 0 N–H and O–H groups in total. The molecule has 0 bridgehead atoms. The first-order valence-corrected chi connectivity index (χ1v) is 6.71. The maximum Gasteiger partial charge on any atom is 0.338 e. The number of carbonyl (C=O) groups excluding carboxylic acids is 1. The lowest BCUT2D eigenvalue weighted by atomic mass is 10.0. The first kappa shape index (κ1) is 15.3. The second kappa shape index (κ2) is 7.62. The topological polar surface area (TPSA) is 29.5 Å². The molecule has 0 atom stereocenters. The van der Waals surface area contributed by atoms with Gasteiger partial charge in [-0.2, -0.15) is 0 Å². The average molecular weight is 290 g/mol. The van der Waals surface area contributed by atoms with E-state index in [1.54, 1.807) is 12.1 Å². The third kappa shape index (κ3) is 4.16. The Bertz CT molecular complexity index is 408. The van der Waals surface area contributed by atoms with Gasteiger partial charge in [-0.3, -0.25) is 0 Å². The molecular formula is C13H17Cl2NO2. The van der Waals surface area contributed by atoms with Gasteiger partial charge in [0.25, 0.3) is 0 Å². The van der Waals surface area contributed by atoms with Crippen LogP contribution in [0.15, 0.2) is 18.2 Å². The molecule has 0 heterocycles. The van der Waals surface area contributed by atoms with Gasteiger partial charge in [-0.25, -0.2) is 4.79 Å². The monoisotopic (exact) mass is 289 g/mol. The first-order valence-electron chi connectivity index (χ1n) is 5.64. The number of carbonyl (C=O) groups is 1. The molecule has 0 aliphatic rings. The summed E-state index contributed by atoms with van der Waals surface area (Å²) in [5, 5.41) is 0. The van der Waals surface area contributed by atoms with E-state index >= 15 is 0 Å². The molecule has 0 aliphatic carbocycles. The minimum Gasteiger partial charge on any atom is -0.461 e. The highest BCUT2D eigenvalue weighted by molar-refractivity contribution is 6.19. The van der Waals surface area contributed by atoms with Gasteiger partial charge < -0.3 is 9.64 Å². The molecule has 0 aromatic heterocycles. The highest BCUT2D eigenvalue weighted by Crippen LogP contribution is 2.20. The van der Waals surface area contributed by atoms with Gasteiger partial charge in [0.15, 0.2) is 0 Å². The number of ether oxygens (including phenoxy) is 1. The van der Waals surface area contributed by atoms with Crippen molar-refractivity contribution >= 4 is 29.2 Å². The van der Waals surface area contributed by atoms with E-state index in [0.717, 1.165) is 11.1 Å². The van der Waals surface area contributed by atoms with Crippen LogP contribution < -0.4 is 0 Å². The van der Waals surface area contributed by atoms with E-state index in [0.29, 0.717) is 24.6 Å². The van der Waals surface area contributed by atoms with Crippen molar-refractivity contribution in [3.63, 3.8) is 0 Å². The standard InChI is InChI=1S/C13H17Cl2NO2/c1-16(2)6-7-18-13(17)11-5-3-4-10(8-14)12(11)9-15/h3-5H,6-9H2,1-2H3. The molecule has 0 saturated carbocycles.